The highest BCUT2D eigenvalue weighted by molar-refractivity contribution is 6.09. The molecule has 1 aromatic heterocycles. The number of benzene rings is 1. The Morgan fingerprint density at radius 2 is 2.10 bits per heavy atom. The maximum atomic E-state index is 12.6. The van der Waals surface area contributed by atoms with Crippen molar-refractivity contribution in [3.05, 3.63) is 53.0 Å². The zero-order valence-corrected chi connectivity index (χ0v) is 12.1. The Morgan fingerprint density at radius 1 is 1.43 bits per heavy atom. The maximum Gasteiger partial charge on any atom is 0.211 e. The third kappa shape index (κ3) is 2.91. The third-order valence-electron chi connectivity index (χ3n) is 3.21. The molecule has 1 aromatic carbocycles. The smallest absolute Gasteiger partial charge is 0.211 e. The van der Waals surface area contributed by atoms with Crippen LogP contribution in [0.2, 0.25) is 0 Å². The van der Waals surface area contributed by atoms with E-state index in [0.29, 0.717) is 23.5 Å². The highest BCUT2D eigenvalue weighted by Gasteiger charge is 2.20. The van der Waals surface area contributed by atoms with Gasteiger partial charge in [0.1, 0.15) is 11.4 Å². The number of nitrogens with zero attached hydrogens (tertiary/aromatic N) is 3. The molecule has 0 atom stereocenters. The van der Waals surface area contributed by atoms with Crippen LogP contribution in [-0.2, 0) is 6.54 Å². The molecular weight excluding hydrogens is 266 g/mol. The molecule has 108 valence electrons. The number of hydrogen-bond acceptors (Lipinski definition) is 4. The summed E-state index contributed by atoms with van der Waals surface area (Å²) in [6.45, 7) is 7.76. The molecule has 0 unspecified atom stereocenters. The molecule has 0 aliphatic rings. The second-order valence-electron chi connectivity index (χ2n) is 4.55. The van der Waals surface area contributed by atoms with Crippen LogP contribution in [0.25, 0.3) is 6.08 Å². The SMILES string of the molecule is C=N/C=C\c1nn(CC)c(C(=O)c2ccc(O)cc2)c1C. The van der Waals surface area contributed by atoms with Crippen molar-refractivity contribution in [2.45, 2.75) is 20.4 Å². The lowest BCUT2D eigenvalue weighted by molar-refractivity contribution is 0.102. The number of hydrogen-bond donors (Lipinski definition) is 1. The summed E-state index contributed by atoms with van der Waals surface area (Å²) in [4.78, 5) is 16.3. The highest BCUT2D eigenvalue weighted by Crippen LogP contribution is 2.20. The molecule has 2 rings (SSSR count). The van der Waals surface area contributed by atoms with Gasteiger partial charge in [-0.3, -0.25) is 14.5 Å². The van der Waals surface area contributed by atoms with Gasteiger partial charge < -0.3 is 5.11 Å². The quantitative estimate of drug-likeness (QED) is 0.677. The second kappa shape index (κ2) is 6.17. The van der Waals surface area contributed by atoms with Crippen molar-refractivity contribution in [1.82, 2.24) is 9.78 Å². The zero-order valence-electron chi connectivity index (χ0n) is 12.1. The van der Waals surface area contributed by atoms with Gasteiger partial charge in [-0.2, -0.15) is 5.10 Å². The molecule has 0 aliphatic carbocycles. The van der Waals surface area contributed by atoms with Gasteiger partial charge >= 0.3 is 0 Å². The van der Waals surface area contributed by atoms with Crippen LogP contribution in [-0.4, -0.2) is 27.4 Å². The summed E-state index contributed by atoms with van der Waals surface area (Å²) in [6, 6.07) is 6.20. The van der Waals surface area contributed by atoms with E-state index in [0.717, 1.165) is 5.56 Å². The van der Waals surface area contributed by atoms with Crippen LogP contribution in [0.4, 0.5) is 0 Å². The Morgan fingerprint density at radius 3 is 2.67 bits per heavy atom. The van der Waals surface area contributed by atoms with E-state index in [-0.39, 0.29) is 11.5 Å². The molecule has 0 radical (unpaired) electrons. The monoisotopic (exact) mass is 283 g/mol. The fourth-order valence-corrected chi connectivity index (χ4v) is 2.12. The van der Waals surface area contributed by atoms with Crippen molar-refractivity contribution in [2.75, 3.05) is 0 Å². The number of carbonyl (C=O) groups is 1. The van der Waals surface area contributed by atoms with Crippen LogP contribution >= 0.6 is 0 Å². The summed E-state index contributed by atoms with van der Waals surface area (Å²) in [7, 11) is 0. The Kier molecular flexibility index (Phi) is 4.33. The van der Waals surface area contributed by atoms with E-state index in [1.54, 1.807) is 29.1 Å². The van der Waals surface area contributed by atoms with Crippen molar-refractivity contribution in [2.24, 2.45) is 4.99 Å². The standard InChI is InChI=1S/C16H17N3O2/c1-4-19-15(11(2)14(18-19)9-10-17-3)16(21)12-5-7-13(20)8-6-12/h5-10,20H,3-4H2,1-2H3/b10-9-. The lowest BCUT2D eigenvalue weighted by atomic mass is 10.0. The molecule has 0 fully saturated rings. The molecular formula is C16H17N3O2. The normalized spacial score (nSPS) is 11.0. The number of rotatable bonds is 5. The van der Waals surface area contributed by atoms with Crippen molar-refractivity contribution >= 4 is 18.6 Å². The molecule has 1 heterocycles. The third-order valence-corrected chi connectivity index (χ3v) is 3.21. The molecule has 21 heavy (non-hydrogen) atoms. The number of aromatic nitrogens is 2. The van der Waals surface area contributed by atoms with Crippen LogP contribution in [0.3, 0.4) is 0 Å². The summed E-state index contributed by atoms with van der Waals surface area (Å²) in [5.41, 5.74) is 2.57. The minimum Gasteiger partial charge on any atom is -0.508 e. The first kappa shape index (κ1) is 14.7. The number of aryl methyl sites for hydroxylation is 1. The fraction of sp³-hybridized carbons (Fsp3) is 0.188. The fourth-order valence-electron chi connectivity index (χ4n) is 2.12. The van der Waals surface area contributed by atoms with Crippen molar-refractivity contribution < 1.29 is 9.90 Å². The average Bonchev–Trinajstić information content (AvgIpc) is 2.81. The van der Waals surface area contributed by atoms with Gasteiger partial charge in [0.05, 0.1) is 5.69 Å². The Hall–Kier alpha value is -2.69. The number of phenols is 1. The van der Waals surface area contributed by atoms with Crippen LogP contribution in [0.5, 0.6) is 5.75 Å². The number of carbonyl (C=O) groups excluding carboxylic acids is 1. The summed E-state index contributed by atoms with van der Waals surface area (Å²) in [6.07, 6.45) is 3.27. The van der Waals surface area contributed by atoms with Crippen molar-refractivity contribution in [3.8, 4) is 5.75 Å². The number of phenolic OH excluding ortho intramolecular Hbond substituents is 1. The average molecular weight is 283 g/mol. The molecule has 0 aliphatic heterocycles. The molecule has 0 bridgehead atoms. The minimum absolute atomic E-state index is 0.118. The number of ketones is 1. The van der Waals surface area contributed by atoms with E-state index in [4.69, 9.17) is 0 Å². The van der Waals surface area contributed by atoms with Gasteiger partial charge in [-0.15, -0.1) is 0 Å². The van der Waals surface area contributed by atoms with Gasteiger partial charge in [0, 0.05) is 23.9 Å². The van der Waals surface area contributed by atoms with E-state index in [1.807, 2.05) is 13.8 Å². The first-order valence-electron chi connectivity index (χ1n) is 6.62. The Bertz CT molecular complexity index is 697. The molecule has 2 aromatic rings. The molecule has 0 saturated heterocycles. The number of aliphatic imine (C=N–C) groups is 1. The first-order chi connectivity index (χ1) is 10.1. The molecule has 0 saturated carbocycles. The Balaban J connectivity index is 2.49. The molecule has 0 spiro atoms. The summed E-state index contributed by atoms with van der Waals surface area (Å²) in [5.74, 6) is 0.0148. The van der Waals surface area contributed by atoms with Gasteiger partial charge in [0.25, 0.3) is 0 Å². The maximum absolute atomic E-state index is 12.6. The predicted octanol–water partition coefficient (Wildman–Crippen LogP) is 2.82. The van der Waals surface area contributed by atoms with Gasteiger partial charge in [-0.05, 0) is 50.9 Å². The molecule has 0 amide bonds. The van der Waals surface area contributed by atoms with E-state index in [1.165, 1.54) is 12.1 Å². The van der Waals surface area contributed by atoms with Crippen molar-refractivity contribution in [1.29, 1.82) is 0 Å². The zero-order chi connectivity index (χ0) is 15.4. The Labute approximate surface area is 123 Å². The van der Waals surface area contributed by atoms with Gasteiger partial charge in [0.2, 0.25) is 5.78 Å². The van der Waals surface area contributed by atoms with E-state index in [9.17, 15) is 9.90 Å². The van der Waals surface area contributed by atoms with Crippen LogP contribution < -0.4 is 0 Å². The summed E-state index contributed by atoms with van der Waals surface area (Å²) >= 11 is 0. The van der Waals surface area contributed by atoms with Gasteiger partial charge in [0.15, 0.2) is 0 Å². The van der Waals surface area contributed by atoms with Gasteiger partial charge in [-0.1, -0.05) is 0 Å². The van der Waals surface area contributed by atoms with Crippen molar-refractivity contribution in [3.63, 3.8) is 0 Å². The van der Waals surface area contributed by atoms with E-state index < -0.39 is 0 Å². The topological polar surface area (TPSA) is 67.5 Å². The van der Waals surface area contributed by atoms with Crippen LogP contribution in [0.1, 0.15) is 34.2 Å². The summed E-state index contributed by atoms with van der Waals surface area (Å²) < 4.78 is 1.67. The second-order valence-corrected chi connectivity index (χ2v) is 4.55. The van der Waals surface area contributed by atoms with Crippen LogP contribution in [0, 0.1) is 6.92 Å². The minimum atomic E-state index is -0.118. The highest BCUT2D eigenvalue weighted by atomic mass is 16.3. The number of aromatic hydroxyl groups is 1. The molecule has 5 nitrogen and oxygen atoms in total. The first-order valence-corrected chi connectivity index (χ1v) is 6.62. The lowest BCUT2D eigenvalue weighted by Crippen LogP contribution is -2.11. The lowest BCUT2D eigenvalue weighted by Gasteiger charge is -2.05. The summed E-state index contributed by atoms with van der Waals surface area (Å²) in [5, 5.41) is 13.7. The molecule has 1 N–H and O–H groups in total. The van der Waals surface area contributed by atoms with Gasteiger partial charge in [-0.25, -0.2) is 0 Å². The van der Waals surface area contributed by atoms with Crippen LogP contribution in [0.15, 0.2) is 35.5 Å². The predicted molar refractivity (Wildman–Crippen MR) is 82.8 cm³/mol. The molecule has 5 heteroatoms. The largest absolute Gasteiger partial charge is 0.508 e. The van der Waals surface area contributed by atoms with E-state index >= 15 is 0 Å². The van der Waals surface area contributed by atoms with E-state index in [2.05, 4.69) is 16.8 Å².